The summed E-state index contributed by atoms with van der Waals surface area (Å²) in [6, 6.07) is 10.2. The zero-order chi connectivity index (χ0) is 16.7. The fourth-order valence-corrected chi connectivity index (χ4v) is 3.79. The Morgan fingerprint density at radius 1 is 1.08 bits per heavy atom. The minimum atomic E-state index is -0.358. The second-order valence-corrected chi connectivity index (χ2v) is 6.23. The molecule has 0 aliphatic rings. The third-order valence-corrected chi connectivity index (χ3v) is 4.87. The van der Waals surface area contributed by atoms with E-state index in [1.54, 1.807) is 37.6 Å². The zero-order valence-corrected chi connectivity index (χ0v) is 13.5. The molecule has 118 valence electrons. The van der Waals surface area contributed by atoms with E-state index in [9.17, 15) is 9.18 Å². The first-order chi connectivity index (χ1) is 11.7. The highest BCUT2D eigenvalue weighted by atomic mass is 32.1. The van der Waals surface area contributed by atoms with Crippen molar-refractivity contribution in [3.63, 3.8) is 0 Å². The van der Waals surface area contributed by atoms with E-state index in [1.807, 2.05) is 17.5 Å². The van der Waals surface area contributed by atoms with E-state index in [2.05, 4.69) is 10.1 Å². The highest BCUT2D eigenvalue weighted by Gasteiger charge is 2.19. The molecule has 0 fully saturated rings. The monoisotopic (exact) mass is 337 g/mol. The quantitative estimate of drug-likeness (QED) is 0.558. The average Bonchev–Trinajstić information content (AvgIpc) is 3.05. The average molecular weight is 337 g/mol. The van der Waals surface area contributed by atoms with Gasteiger partial charge in [-0.25, -0.2) is 9.07 Å². The maximum absolute atomic E-state index is 14.2. The lowest BCUT2D eigenvalue weighted by atomic mass is 10.0. The molecular weight excluding hydrogens is 325 g/mol. The predicted molar refractivity (Wildman–Crippen MR) is 93.5 cm³/mol. The van der Waals surface area contributed by atoms with Crippen LogP contribution in [0.2, 0.25) is 0 Å². The number of fused-ring (bicyclic) bond motifs is 1. The molecule has 0 N–H and O–H groups in total. The van der Waals surface area contributed by atoms with Crippen LogP contribution in [0.1, 0.15) is 0 Å². The van der Waals surface area contributed by atoms with Crippen LogP contribution in [-0.4, -0.2) is 14.8 Å². The zero-order valence-electron chi connectivity index (χ0n) is 12.7. The van der Waals surface area contributed by atoms with Gasteiger partial charge < -0.3 is 0 Å². The number of halogens is 1. The van der Waals surface area contributed by atoms with Crippen LogP contribution in [0.3, 0.4) is 0 Å². The van der Waals surface area contributed by atoms with Gasteiger partial charge in [0.15, 0.2) is 0 Å². The molecule has 4 nitrogen and oxygen atoms in total. The summed E-state index contributed by atoms with van der Waals surface area (Å²) in [7, 11) is 1.58. The number of aromatic nitrogens is 3. The normalized spacial score (nSPS) is 11.1. The molecule has 0 amide bonds. The molecule has 1 aromatic carbocycles. The molecule has 4 aromatic rings. The van der Waals surface area contributed by atoms with Crippen molar-refractivity contribution in [3.05, 3.63) is 70.3 Å². The van der Waals surface area contributed by atoms with E-state index in [0.29, 0.717) is 21.3 Å². The lowest BCUT2D eigenvalue weighted by Gasteiger charge is -2.07. The third-order valence-electron chi connectivity index (χ3n) is 3.88. The van der Waals surface area contributed by atoms with Gasteiger partial charge in [-0.2, -0.15) is 5.10 Å². The fraction of sp³-hybridized carbons (Fsp3) is 0.0556. The number of hydrogen-bond acceptors (Lipinski definition) is 4. The number of pyridine rings is 1. The van der Waals surface area contributed by atoms with Crippen LogP contribution in [0.5, 0.6) is 0 Å². The van der Waals surface area contributed by atoms with Crippen molar-refractivity contribution in [2.75, 3.05) is 0 Å². The van der Waals surface area contributed by atoms with Crippen LogP contribution < -0.4 is 5.56 Å². The number of benzene rings is 1. The van der Waals surface area contributed by atoms with E-state index in [4.69, 9.17) is 0 Å². The second kappa shape index (κ2) is 5.65. The number of aryl methyl sites for hydroxylation is 1. The van der Waals surface area contributed by atoms with E-state index >= 15 is 0 Å². The molecule has 6 heteroatoms. The van der Waals surface area contributed by atoms with E-state index in [0.717, 1.165) is 11.1 Å². The molecule has 0 bridgehead atoms. The molecular formula is C18H12FN3OS. The minimum absolute atomic E-state index is 0.196. The maximum atomic E-state index is 14.2. The summed E-state index contributed by atoms with van der Waals surface area (Å²) >= 11 is 1.40. The van der Waals surface area contributed by atoms with Gasteiger partial charge in [0.25, 0.3) is 5.56 Å². The number of rotatable bonds is 2. The summed E-state index contributed by atoms with van der Waals surface area (Å²) in [5.74, 6) is -0.358. The molecule has 3 heterocycles. The Hall–Kier alpha value is -2.86. The Morgan fingerprint density at radius 2 is 1.83 bits per heavy atom. The van der Waals surface area contributed by atoms with Gasteiger partial charge in [0, 0.05) is 35.9 Å². The molecule has 3 aromatic heterocycles. The topological polar surface area (TPSA) is 47.8 Å². The molecule has 0 unspecified atom stereocenters. The van der Waals surface area contributed by atoms with Gasteiger partial charge in [-0.05, 0) is 29.8 Å². The summed E-state index contributed by atoms with van der Waals surface area (Å²) in [5, 5.41) is 6.77. The van der Waals surface area contributed by atoms with E-state index < -0.39 is 0 Å². The minimum Gasteiger partial charge on any atom is -0.267 e. The van der Waals surface area contributed by atoms with Gasteiger partial charge >= 0.3 is 0 Å². The first-order valence-corrected chi connectivity index (χ1v) is 8.18. The SMILES string of the molecule is Cn1nc(-c2ccccc2F)c2scc(-c3ccncc3)c2c1=O. The Kier molecular flexibility index (Phi) is 3.46. The second-order valence-electron chi connectivity index (χ2n) is 5.35. The van der Waals surface area contributed by atoms with Crippen LogP contribution in [0, 0.1) is 5.82 Å². The maximum Gasteiger partial charge on any atom is 0.275 e. The smallest absolute Gasteiger partial charge is 0.267 e. The summed E-state index contributed by atoms with van der Waals surface area (Å²) in [6.45, 7) is 0. The van der Waals surface area contributed by atoms with Crippen LogP contribution in [0.4, 0.5) is 4.39 Å². The van der Waals surface area contributed by atoms with Gasteiger partial charge in [0.05, 0.1) is 10.1 Å². The molecule has 0 atom stereocenters. The molecule has 24 heavy (non-hydrogen) atoms. The van der Waals surface area contributed by atoms with Gasteiger partial charge in [-0.3, -0.25) is 9.78 Å². The highest BCUT2D eigenvalue weighted by Crippen LogP contribution is 2.36. The Labute approximate surface area is 140 Å². The van der Waals surface area contributed by atoms with Crippen molar-refractivity contribution < 1.29 is 4.39 Å². The van der Waals surface area contributed by atoms with E-state index in [-0.39, 0.29) is 11.4 Å². The van der Waals surface area contributed by atoms with Gasteiger partial charge in [-0.1, -0.05) is 12.1 Å². The fourth-order valence-electron chi connectivity index (χ4n) is 2.72. The number of hydrogen-bond donors (Lipinski definition) is 0. The molecule has 0 aliphatic heterocycles. The predicted octanol–water partition coefficient (Wildman–Crippen LogP) is 3.86. The third kappa shape index (κ3) is 2.23. The standard InChI is InChI=1S/C18H12FN3OS/c1-22-18(23)15-13(11-6-8-20-9-7-11)10-24-17(15)16(21-22)12-4-2-3-5-14(12)19/h2-10H,1H3. The first-order valence-electron chi connectivity index (χ1n) is 7.30. The van der Waals surface area contributed by atoms with Crippen LogP contribution >= 0.6 is 11.3 Å². The van der Waals surface area contributed by atoms with Gasteiger partial charge in [0.2, 0.25) is 0 Å². The van der Waals surface area contributed by atoms with Crippen LogP contribution in [-0.2, 0) is 7.05 Å². The summed E-state index contributed by atoms with van der Waals surface area (Å²) in [6.07, 6.45) is 3.37. The van der Waals surface area contributed by atoms with Crippen molar-refractivity contribution in [3.8, 4) is 22.4 Å². The van der Waals surface area contributed by atoms with Crippen molar-refractivity contribution >= 4 is 21.4 Å². The van der Waals surface area contributed by atoms with Crippen molar-refractivity contribution in [2.45, 2.75) is 0 Å². The molecule has 0 radical (unpaired) electrons. The largest absolute Gasteiger partial charge is 0.275 e. The lowest BCUT2D eigenvalue weighted by Crippen LogP contribution is -2.20. The van der Waals surface area contributed by atoms with Gasteiger partial charge in [0.1, 0.15) is 11.5 Å². The molecule has 0 saturated carbocycles. The molecule has 0 saturated heterocycles. The van der Waals surface area contributed by atoms with Crippen molar-refractivity contribution in [1.29, 1.82) is 0 Å². The van der Waals surface area contributed by atoms with Gasteiger partial charge in [-0.15, -0.1) is 11.3 Å². The first kappa shape index (κ1) is 14.7. The Bertz CT molecular complexity index is 1100. The molecule has 0 spiro atoms. The van der Waals surface area contributed by atoms with Crippen LogP contribution in [0.15, 0.2) is 59.0 Å². The Balaban J connectivity index is 2.09. The highest BCUT2D eigenvalue weighted by molar-refractivity contribution is 7.18. The number of thiophene rings is 1. The summed E-state index contributed by atoms with van der Waals surface area (Å²) in [5.41, 5.74) is 2.40. The summed E-state index contributed by atoms with van der Waals surface area (Å²) < 4.78 is 16.2. The lowest BCUT2D eigenvalue weighted by molar-refractivity contribution is 0.628. The number of nitrogens with zero attached hydrogens (tertiary/aromatic N) is 3. The Morgan fingerprint density at radius 3 is 2.58 bits per heavy atom. The molecule has 4 rings (SSSR count). The van der Waals surface area contributed by atoms with Crippen LogP contribution in [0.25, 0.3) is 32.5 Å². The van der Waals surface area contributed by atoms with E-state index in [1.165, 1.54) is 22.1 Å². The molecule has 0 aliphatic carbocycles. The summed E-state index contributed by atoms with van der Waals surface area (Å²) in [4.78, 5) is 16.7. The van der Waals surface area contributed by atoms with Crippen molar-refractivity contribution in [2.24, 2.45) is 7.05 Å². The van der Waals surface area contributed by atoms with Crippen molar-refractivity contribution in [1.82, 2.24) is 14.8 Å².